The molecule has 1 N–H and O–H groups in total. The second-order valence-electron chi connectivity index (χ2n) is 8.49. The molecule has 3 atom stereocenters. The van der Waals surface area contributed by atoms with E-state index in [0.29, 0.717) is 25.5 Å². The van der Waals surface area contributed by atoms with Gasteiger partial charge in [0.25, 0.3) is 0 Å². The Morgan fingerprint density at radius 1 is 1.30 bits per heavy atom. The maximum atomic E-state index is 12.8. The molecule has 2 saturated heterocycles. The van der Waals surface area contributed by atoms with Crippen molar-refractivity contribution in [2.24, 2.45) is 11.3 Å². The van der Waals surface area contributed by atoms with E-state index in [1.165, 1.54) is 0 Å². The normalized spacial score (nSPS) is 28.4. The Balaban J connectivity index is 1.70. The lowest BCUT2D eigenvalue weighted by atomic mass is 9.69. The summed E-state index contributed by atoms with van der Waals surface area (Å²) in [4.78, 5) is 12.8. The van der Waals surface area contributed by atoms with E-state index in [0.717, 1.165) is 49.3 Å². The quantitative estimate of drug-likeness (QED) is 0.747. The lowest BCUT2D eigenvalue weighted by Crippen LogP contribution is -2.43. The highest BCUT2D eigenvalue weighted by Gasteiger charge is 2.40. The second-order valence-corrected chi connectivity index (χ2v) is 8.90. The number of ether oxygens (including phenoxy) is 2. The Labute approximate surface area is 168 Å². The van der Waals surface area contributed by atoms with Crippen LogP contribution in [0.4, 0.5) is 0 Å². The minimum atomic E-state index is -0.112. The standard InChI is InChI=1S/C22H32ClNO3/c1-16(2)20-13-22(9-11-27-20,12-17-6-3-4-8-19(17)23)14-21(25)24-15-18-7-5-10-26-18/h3-4,6,8,16,18,20H,5,7,9-15H2,1-2H3,(H,24,25)/t18-,20+,22+/m1/s1. The average molecular weight is 394 g/mol. The van der Waals surface area contributed by atoms with Gasteiger partial charge in [0.1, 0.15) is 0 Å². The van der Waals surface area contributed by atoms with Gasteiger partial charge in [-0.25, -0.2) is 0 Å². The summed E-state index contributed by atoms with van der Waals surface area (Å²) in [7, 11) is 0. The molecule has 27 heavy (non-hydrogen) atoms. The van der Waals surface area contributed by atoms with Gasteiger partial charge in [-0.1, -0.05) is 43.6 Å². The Bertz CT molecular complexity index is 630. The van der Waals surface area contributed by atoms with Crippen molar-refractivity contribution in [3.8, 4) is 0 Å². The highest BCUT2D eigenvalue weighted by Crippen LogP contribution is 2.42. The molecule has 1 aromatic rings. The van der Waals surface area contributed by atoms with Crippen LogP contribution >= 0.6 is 11.6 Å². The highest BCUT2D eigenvalue weighted by atomic mass is 35.5. The van der Waals surface area contributed by atoms with E-state index in [1.807, 2.05) is 18.2 Å². The third kappa shape index (κ3) is 5.69. The largest absolute Gasteiger partial charge is 0.378 e. The SMILES string of the molecule is CC(C)[C@@H]1C[C@@](CC(=O)NC[C@H]2CCCO2)(Cc2ccccc2Cl)CCO1. The van der Waals surface area contributed by atoms with Crippen LogP contribution in [0.25, 0.3) is 0 Å². The molecule has 0 aliphatic carbocycles. The molecule has 0 saturated carbocycles. The molecule has 2 aliphatic heterocycles. The molecule has 1 amide bonds. The van der Waals surface area contributed by atoms with Gasteiger partial charge in [-0.05, 0) is 55.1 Å². The van der Waals surface area contributed by atoms with Crippen molar-refractivity contribution in [3.05, 3.63) is 34.9 Å². The number of rotatable bonds is 7. The molecule has 0 radical (unpaired) electrons. The first-order valence-corrected chi connectivity index (χ1v) is 10.6. The van der Waals surface area contributed by atoms with Crippen molar-refractivity contribution in [1.29, 1.82) is 0 Å². The zero-order chi connectivity index (χ0) is 19.3. The number of carbonyl (C=O) groups is 1. The van der Waals surface area contributed by atoms with E-state index in [2.05, 4.69) is 25.2 Å². The summed E-state index contributed by atoms with van der Waals surface area (Å²) in [6.07, 6.45) is 5.58. The fourth-order valence-electron chi connectivity index (χ4n) is 4.31. The van der Waals surface area contributed by atoms with E-state index in [4.69, 9.17) is 21.1 Å². The summed E-state index contributed by atoms with van der Waals surface area (Å²) >= 11 is 6.44. The molecule has 1 aromatic carbocycles. The zero-order valence-electron chi connectivity index (χ0n) is 16.5. The maximum absolute atomic E-state index is 12.8. The van der Waals surface area contributed by atoms with Crippen LogP contribution in [0.15, 0.2) is 24.3 Å². The maximum Gasteiger partial charge on any atom is 0.220 e. The van der Waals surface area contributed by atoms with Gasteiger partial charge in [-0.15, -0.1) is 0 Å². The van der Waals surface area contributed by atoms with Crippen molar-refractivity contribution >= 4 is 17.5 Å². The minimum Gasteiger partial charge on any atom is -0.378 e. The fourth-order valence-corrected chi connectivity index (χ4v) is 4.51. The van der Waals surface area contributed by atoms with E-state index in [-0.39, 0.29) is 23.5 Å². The van der Waals surface area contributed by atoms with Crippen LogP contribution in [0, 0.1) is 11.3 Å². The summed E-state index contributed by atoms with van der Waals surface area (Å²) in [6.45, 7) is 6.50. The Morgan fingerprint density at radius 2 is 2.11 bits per heavy atom. The lowest BCUT2D eigenvalue weighted by molar-refractivity contribution is -0.128. The van der Waals surface area contributed by atoms with Crippen LogP contribution in [-0.4, -0.2) is 37.9 Å². The van der Waals surface area contributed by atoms with Gasteiger partial charge in [-0.2, -0.15) is 0 Å². The molecule has 0 bridgehead atoms. The lowest BCUT2D eigenvalue weighted by Gasteiger charge is -2.42. The predicted molar refractivity (Wildman–Crippen MR) is 108 cm³/mol. The topological polar surface area (TPSA) is 47.6 Å². The summed E-state index contributed by atoms with van der Waals surface area (Å²) in [6, 6.07) is 7.98. The van der Waals surface area contributed by atoms with Crippen molar-refractivity contribution < 1.29 is 14.3 Å². The van der Waals surface area contributed by atoms with Crippen LogP contribution in [0.3, 0.4) is 0 Å². The van der Waals surface area contributed by atoms with Gasteiger partial charge < -0.3 is 14.8 Å². The molecule has 2 aliphatic rings. The third-order valence-electron chi connectivity index (χ3n) is 5.95. The number of carbonyl (C=O) groups excluding carboxylic acids is 1. The van der Waals surface area contributed by atoms with Gasteiger partial charge in [0, 0.05) is 31.2 Å². The summed E-state index contributed by atoms with van der Waals surface area (Å²) in [5, 5.41) is 3.89. The van der Waals surface area contributed by atoms with Crippen LogP contribution < -0.4 is 5.32 Å². The molecule has 0 aromatic heterocycles. The Morgan fingerprint density at radius 3 is 2.81 bits per heavy atom. The highest BCUT2D eigenvalue weighted by molar-refractivity contribution is 6.31. The molecular formula is C22H32ClNO3. The van der Waals surface area contributed by atoms with Crippen LogP contribution in [0.1, 0.15) is 51.5 Å². The first-order chi connectivity index (χ1) is 13.0. The van der Waals surface area contributed by atoms with E-state index < -0.39 is 0 Å². The number of hydrogen-bond donors (Lipinski definition) is 1. The summed E-state index contributed by atoms with van der Waals surface area (Å²) in [5.41, 5.74) is 1.01. The average Bonchev–Trinajstić information content (AvgIpc) is 3.16. The number of hydrogen-bond acceptors (Lipinski definition) is 3. The molecule has 0 unspecified atom stereocenters. The second kappa shape index (κ2) is 9.40. The van der Waals surface area contributed by atoms with Crippen molar-refractivity contribution in [2.45, 2.75) is 64.6 Å². The number of amides is 1. The summed E-state index contributed by atoms with van der Waals surface area (Å²) in [5.74, 6) is 0.549. The zero-order valence-corrected chi connectivity index (χ0v) is 17.3. The van der Waals surface area contributed by atoms with Crippen molar-refractivity contribution in [1.82, 2.24) is 5.32 Å². The van der Waals surface area contributed by atoms with Crippen LogP contribution in [0.2, 0.25) is 5.02 Å². The first kappa shape index (κ1) is 20.6. The first-order valence-electron chi connectivity index (χ1n) is 10.2. The van der Waals surface area contributed by atoms with Gasteiger partial charge in [0.05, 0.1) is 12.2 Å². The Kier molecular flexibility index (Phi) is 7.18. The van der Waals surface area contributed by atoms with E-state index >= 15 is 0 Å². The van der Waals surface area contributed by atoms with Gasteiger partial charge in [0.15, 0.2) is 0 Å². The number of halogens is 1. The predicted octanol–water partition coefficient (Wildman–Crippen LogP) is 4.39. The minimum absolute atomic E-state index is 0.112. The monoisotopic (exact) mass is 393 g/mol. The van der Waals surface area contributed by atoms with Gasteiger partial charge >= 0.3 is 0 Å². The van der Waals surface area contributed by atoms with Gasteiger partial charge in [-0.3, -0.25) is 4.79 Å². The third-order valence-corrected chi connectivity index (χ3v) is 6.32. The molecule has 3 rings (SSSR count). The van der Waals surface area contributed by atoms with Crippen molar-refractivity contribution in [2.75, 3.05) is 19.8 Å². The molecule has 2 fully saturated rings. The molecule has 2 heterocycles. The summed E-state index contributed by atoms with van der Waals surface area (Å²) < 4.78 is 11.6. The number of benzene rings is 1. The molecule has 5 heteroatoms. The van der Waals surface area contributed by atoms with Crippen LogP contribution in [0.5, 0.6) is 0 Å². The van der Waals surface area contributed by atoms with Gasteiger partial charge in [0.2, 0.25) is 5.91 Å². The fraction of sp³-hybridized carbons (Fsp3) is 0.682. The van der Waals surface area contributed by atoms with Crippen LogP contribution in [-0.2, 0) is 20.7 Å². The van der Waals surface area contributed by atoms with E-state index in [1.54, 1.807) is 0 Å². The molecule has 150 valence electrons. The Hall–Kier alpha value is -1.10. The smallest absolute Gasteiger partial charge is 0.220 e. The molecule has 0 spiro atoms. The van der Waals surface area contributed by atoms with Crippen molar-refractivity contribution in [3.63, 3.8) is 0 Å². The number of nitrogens with one attached hydrogen (secondary N) is 1. The molecule has 4 nitrogen and oxygen atoms in total. The molecular weight excluding hydrogens is 362 g/mol. The van der Waals surface area contributed by atoms with E-state index in [9.17, 15) is 4.79 Å².